The van der Waals surface area contributed by atoms with Crippen molar-refractivity contribution in [3.63, 3.8) is 0 Å². The first-order valence-electron chi connectivity index (χ1n) is 6.15. The molecule has 0 aliphatic heterocycles. The summed E-state index contributed by atoms with van der Waals surface area (Å²) in [4.78, 5) is 4.34. The van der Waals surface area contributed by atoms with Crippen molar-refractivity contribution in [1.29, 1.82) is 0 Å². The third kappa shape index (κ3) is 2.87. The van der Waals surface area contributed by atoms with Gasteiger partial charge in [-0.15, -0.1) is 0 Å². The minimum atomic E-state index is 0.561. The molecule has 0 unspecified atom stereocenters. The lowest BCUT2D eigenvalue weighted by Gasteiger charge is -2.18. The maximum atomic E-state index is 5.29. The first-order valence-corrected chi connectivity index (χ1v) is 6.15. The Kier molecular flexibility index (Phi) is 4.03. The van der Waals surface area contributed by atoms with Gasteiger partial charge in [0.15, 0.2) is 11.6 Å². The van der Waals surface area contributed by atoms with E-state index in [0.717, 1.165) is 11.6 Å². The van der Waals surface area contributed by atoms with E-state index in [2.05, 4.69) is 10.3 Å². The molecule has 0 amide bonds. The summed E-state index contributed by atoms with van der Waals surface area (Å²) in [5.41, 5.74) is 0. The van der Waals surface area contributed by atoms with Gasteiger partial charge in [0.25, 0.3) is 0 Å². The molecule has 3 heteroatoms. The average molecular weight is 220 g/mol. The number of pyridine rings is 1. The van der Waals surface area contributed by atoms with Crippen molar-refractivity contribution in [2.45, 2.75) is 44.6 Å². The number of hydrogen-bond donors (Lipinski definition) is 1. The molecule has 1 heterocycles. The normalized spacial score (nSPS) is 17.8. The van der Waals surface area contributed by atoms with Crippen LogP contribution < -0.4 is 10.1 Å². The Morgan fingerprint density at radius 1 is 1.25 bits per heavy atom. The number of anilines is 1. The summed E-state index contributed by atoms with van der Waals surface area (Å²) in [6.45, 7) is 0. The summed E-state index contributed by atoms with van der Waals surface area (Å²) in [7, 11) is 1.69. The first kappa shape index (κ1) is 11.2. The lowest BCUT2D eigenvalue weighted by atomic mass is 10.1. The summed E-state index contributed by atoms with van der Waals surface area (Å²) < 4.78 is 5.29. The van der Waals surface area contributed by atoms with E-state index in [1.807, 2.05) is 18.3 Å². The average Bonchev–Trinajstić information content (AvgIpc) is 2.58. The molecule has 0 radical (unpaired) electrons. The molecule has 0 saturated heterocycles. The second-order valence-electron chi connectivity index (χ2n) is 4.39. The number of nitrogens with zero attached hydrogens (tertiary/aromatic N) is 1. The molecule has 1 aliphatic carbocycles. The Morgan fingerprint density at radius 2 is 2.00 bits per heavy atom. The Labute approximate surface area is 97.2 Å². The lowest BCUT2D eigenvalue weighted by Crippen LogP contribution is -2.19. The second kappa shape index (κ2) is 5.73. The minimum Gasteiger partial charge on any atom is -0.493 e. The number of nitrogens with one attached hydrogen (secondary N) is 1. The summed E-state index contributed by atoms with van der Waals surface area (Å²) in [5.74, 6) is 1.73. The van der Waals surface area contributed by atoms with Crippen LogP contribution in [0.25, 0.3) is 0 Å². The van der Waals surface area contributed by atoms with E-state index < -0.39 is 0 Å². The Morgan fingerprint density at radius 3 is 2.69 bits per heavy atom. The van der Waals surface area contributed by atoms with E-state index in [-0.39, 0.29) is 0 Å². The van der Waals surface area contributed by atoms with Gasteiger partial charge in [0, 0.05) is 12.2 Å². The lowest BCUT2D eigenvalue weighted by molar-refractivity contribution is 0.413. The summed E-state index contributed by atoms with van der Waals surface area (Å²) in [6.07, 6.45) is 9.70. The number of ether oxygens (including phenoxy) is 1. The maximum absolute atomic E-state index is 5.29. The van der Waals surface area contributed by atoms with Gasteiger partial charge in [-0.05, 0) is 25.0 Å². The van der Waals surface area contributed by atoms with Gasteiger partial charge in [0.05, 0.1) is 7.11 Å². The van der Waals surface area contributed by atoms with E-state index in [1.54, 1.807) is 7.11 Å². The van der Waals surface area contributed by atoms with Gasteiger partial charge in [-0.3, -0.25) is 0 Å². The van der Waals surface area contributed by atoms with Gasteiger partial charge >= 0.3 is 0 Å². The molecule has 1 aliphatic rings. The van der Waals surface area contributed by atoms with Gasteiger partial charge in [-0.25, -0.2) is 4.98 Å². The van der Waals surface area contributed by atoms with Crippen LogP contribution in [0.15, 0.2) is 18.3 Å². The highest BCUT2D eigenvalue weighted by atomic mass is 16.5. The van der Waals surface area contributed by atoms with Gasteiger partial charge in [0.1, 0.15) is 0 Å². The largest absolute Gasteiger partial charge is 0.493 e. The van der Waals surface area contributed by atoms with Crippen LogP contribution in [0.3, 0.4) is 0 Å². The smallest absolute Gasteiger partial charge is 0.168 e. The van der Waals surface area contributed by atoms with Crippen LogP contribution in [0.2, 0.25) is 0 Å². The summed E-state index contributed by atoms with van der Waals surface area (Å²) in [6, 6.07) is 4.41. The minimum absolute atomic E-state index is 0.561. The Hall–Kier alpha value is -1.25. The van der Waals surface area contributed by atoms with E-state index in [9.17, 15) is 0 Å². The molecule has 0 spiro atoms. The van der Waals surface area contributed by atoms with Crippen molar-refractivity contribution < 1.29 is 4.74 Å². The van der Waals surface area contributed by atoms with Gasteiger partial charge in [0.2, 0.25) is 0 Å². The van der Waals surface area contributed by atoms with Crippen LogP contribution >= 0.6 is 0 Å². The van der Waals surface area contributed by atoms with E-state index in [4.69, 9.17) is 4.74 Å². The number of rotatable bonds is 3. The van der Waals surface area contributed by atoms with Gasteiger partial charge in [-0.1, -0.05) is 25.7 Å². The summed E-state index contributed by atoms with van der Waals surface area (Å²) >= 11 is 0. The molecule has 0 bridgehead atoms. The van der Waals surface area contributed by atoms with Crippen LogP contribution in [-0.2, 0) is 0 Å². The molecule has 16 heavy (non-hydrogen) atoms. The third-order valence-electron chi connectivity index (χ3n) is 3.19. The monoisotopic (exact) mass is 220 g/mol. The fourth-order valence-electron chi connectivity index (χ4n) is 2.28. The Bertz CT molecular complexity index is 319. The third-order valence-corrected chi connectivity index (χ3v) is 3.19. The quantitative estimate of drug-likeness (QED) is 0.794. The molecular formula is C13H20N2O. The van der Waals surface area contributed by atoms with Crippen molar-refractivity contribution in [3.05, 3.63) is 18.3 Å². The zero-order valence-corrected chi connectivity index (χ0v) is 9.91. The molecule has 88 valence electrons. The SMILES string of the molecule is COc1cccnc1NC1CCCCCC1. The molecule has 2 rings (SSSR count). The van der Waals surface area contributed by atoms with Gasteiger partial charge in [-0.2, -0.15) is 0 Å². The van der Waals surface area contributed by atoms with Crippen molar-refractivity contribution in [1.82, 2.24) is 4.98 Å². The predicted molar refractivity (Wildman–Crippen MR) is 65.9 cm³/mol. The number of hydrogen-bond acceptors (Lipinski definition) is 3. The fourth-order valence-corrected chi connectivity index (χ4v) is 2.28. The van der Waals surface area contributed by atoms with Crippen LogP contribution in [0.1, 0.15) is 38.5 Å². The van der Waals surface area contributed by atoms with Crippen LogP contribution in [-0.4, -0.2) is 18.1 Å². The highest BCUT2D eigenvalue weighted by Crippen LogP contribution is 2.25. The summed E-state index contributed by atoms with van der Waals surface area (Å²) in [5, 5.41) is 3.50. The van der Waals surface area contributed by atoms with Crippen LogP contribution in [0.4, 0.5) is 5.82 Å². The zero-order valence-electron chi connectivity index (χ0n) is 9.91. The highest BCUT2D eigenvalue weighted by Gasteiger charge is 2.14. The van der Waals surface area contributed by atoms with Crippen LogP contribution in [0.5, 0.6) is 5.75 Å². The standard InChI is InChI=1S/C13H20N2O/c1-16-12-9-6-10-14-13(12)15-11-7-4-2-3-5-8-11/h6,9-11H,2-5,7-8H2,1H3,(H,14,15). The molecule has 1 saturated carbocycles. The first-order chi connectivity index (χ1) is 7.90. The highest BCUT2D eigenvalue weighted by molar-refractivity contribution is 5.50. The molecule has 1 aromatic rings. The van der Waals surface area contributed by atoms with E-state index in [0.29, 0.717) is 6.04 Å². The fraction of sp³-hybridized carbons (Fsp3) is 0.615. The Balaban J connectivity index is 2.01. The van der Waals surface area contributed by atoms with Gasteiger partial charge < -0.3 is 10.1 Å². The number of aromatic nitrogens is 1. The van der Waals surface area contributed by atoms with Crippen molar-refractivity contribution in [2.75, 3.05) is 12.4 Å². The van der Waals surface area contributed by atoms with Crippen molar-refractivity contribution in [3.8, 4) is 5.75 Å². The van der Waals surface area contributed by atoms with Crippen molar-refractivity contribution in [2.24, 2.45) is 0 Å². The topological polar surface area (TPSA) is 34.1 Å². The van der Waals surface area contributed by atoms with Crippen LogP contribution in [0, 0.1) is 0 Å². The molecular weight excluding hydrogens is 200 g/mol. The van der Waals surface area contributed by atoms with E-state index >= 15 is 0 Å². The second-order valence-corrected chi connectivity index (χ2v) is 4.39. The maximum Gasteiger partial charge on any atom is 0.168 e. The molecule has 1 N–H and O–H groups in total. The molecule has 1 aromatic heterocycles. The van der Waals surface area contributed by atoms with Crippen molar-refractivity contribution >= 4 is 5.82 Å². The molecule has 3 nitrogen and oxygen atoms in total. The number of methoxy groups -OCH3 is 1. The molecule has 0 atom stereocenters. The predicted octanol–water partition coefficient (Wildman–Crippen LogP) is 3.22. The molecule has 1 fully saturated rings. The zero-order chi connectivity index (χ0) is 11.2. The van der Waals surface area contributed by atoms with E-state index in [1.165, 1.54) is 38.5 Å². The molecule has 0 aromatic carbocycles.